The minimum Gasteiger partial charge on any atom is -0.444 e. The van der Waals surface area contributed by atoms with Gasteiger partial charge in [0.1, 0.15) is 11.4 Å². The minimum atomic E-state index is -0.515. The van der Waals surface area contributed by atoms with Crippen molar-refractivity contribution in [3.63, 3.8) is 0 Å². The Balaban J connectivity index is 1.74. The van der Waals surface area contributed by atoms with Crippen LogP contribution in [-0.4, -0.2) is 35.2 Å². The first-order valence-corrected chi connectivity index (χ1v) is 10.0. The van der Waals surface area contributed by atoms with Crippen LogP contribution in [0.15, 0.2) is 58.5 Å². The number of fused-ring (bicyclic) bond motifs is 1. The van der Waals surface area contributed by atoms with E-state index in [9.17, 15) is 9.18 Å². The van der Waals surface area contributed by atoms with Crippen LogP contribution < -0.4 is 0 Å². The second-order valence-electron chi connectivity index (χ2n) is 7.68. The number of rotatable bonds is 5. The Labute approximate surface area is 169 Å². The van der Waals surface area contributed by atoms with E-state index in [0.29, 0.717) is 18.4 Å². The number of nitrogens with one attached hydrogen (secondary N) is 1. The van der Waals surface area contributed by atoms with Crippen molar-refractivity contribution >= 4 is 28.8 Å². The number of H-pyrrole nitrogens is 1. The molecule has 28 heavy (non-hydrogen) atoms. The molecule has 0 fully saturated rings. The number of aromatic nitrogens is 1. The smallest absolute Gasteiger partial charge is 0.410 e. The molecular formula is C22H25FN2O2S. The first-order valence-electron chi connectivity index (χ1n) is 9.20. The fraction of sp³-hybridized carbons (Fsp3) is 0.318. The summed E-state index contributed by atoms with van der Waals surface area (Å²) in [6.07, 6.45) is 2.18. The van der Waals surface area contributed by atoms with E-state index in [2.05, 4.69) is 4.98 Å². The number of amides is 1. The highest BCUT2D eigenvalue weighted by atomic mass is 32.2. The highest BCUT2D eigenvalue weighted by molar-refractivity contribution is 7.99. The molecule has 1 aromatic heterocycles. The predicted molar refractivity (Wildman–Crippen MR) is 111 cm³/mol. The average molecular weight is 401 g/mol. The van der Waals surface area contributed by atoms with Gasteiger partial charge in [0, 0.05) is 40.5 Å². The molecule has 0 aliphatic carbocycles. The standard InChI is InChI=1S/C22H25FN2O2S/c1-22(2,3)27-21(26)25(4)13-12-15-8-5-6-11-18(15)28-19-14-24-17-10-7-9-16(23)20(17)19/h5-11,14,24H,12-13H2,1-4H3. The maximum atomic E-state index is 14.3. The molecule has 1 heterocycles. The van der Waals surface area contributed by atoms with Gasteiger partial charge in [0.25, 0.3) is 0 Å². The molecule has 0 saturated heterocycles. The van der Waals surface area contributed by atoms with Crippen LogP contribution in [0.3, 0.4) is 0 Å². The number of benzene rings is 2. The Morgan fingerprint density at radius 2 is 1.89 bits per heavy atom. The van der Waals surface area contributed by atoms with Gasteiger partial charge in [-0.05, 0) is 51.0 Å². The lowest BCUT2D eigenvalue weighted by molar-refractivity contribution is 0.0300. The van der Waals surface area contributed by atoms with E-state index < -0.39 is 5.60 Å². The SMILES string of the molecule is CN(CCc1ccccc1Sc1c[nH]c2cccc(F)c12)C(=O)OC(C)(C)C. The van der Waals surface area contributed by atoms with E-state index in [4.69, 9.17) is 4.74 Å². The number of nitrogens with zero attached hydrogens (tertiary/aromatic N) is 1. The summed E-state index contributed by atoms with van der Waals surface area (Å²) in [5.74, 6) is -0.233. The van der Waals surface area contributed by atoms with Crippen molar-refractivity contribution in [3.05, 3.63) is 60.0 Å². The van der Waals surface area contributed by atoms with Crippen LogP contribution >= 0.6 is 11.8 Å². The lowest BCUT2D eigenvalue weighted by atomic mass is 10.1. The highest BCUT2D eigenvalue weighted by Crippen LogP contribution is 2.36. The second kappa shape index (κ2) is 8.27. The number of hydrogen-bond acceptors (Lipinski definition) is 3. The summed E-state index contributed by atoms with van der Waals surface area (Å²) in [6.45, 7) is 6.09. The highest BCUT2D eigenvalue weighted by Gasteiger charge is 2.20. The van der Waals surface area contributed by atoms with Crippen LogP contribution in [0.4, 0.5) is 9.18 Å². The van der Waals surface area contributed by atoms with E-state index in [0.717, 1.165) is 20.9 Å². The molecule has 0 radical (unpaired) electrons. The van der Waals surface area contributed by atoms with E-state index in [1.807, 2.05) is 57.3 Å². The minimum absolute atomic E-state index is 0.233. The molecule has 0 unspecified atom stereocenters. The summed E-state index contributed by atoms with van der Waals surface area (Å²) in [6, 6.07) is 13.0. The van der Waals surface area contributed by atoms with Crippen molar-refractivity contribution in [2.24, 2.45) is 0 Å². The van der Waals surface area contributed by atoms with Crippen LogP contribution in [0.5, 0.6) is 0 Å². The van der Waals surface area contributed by atoms with Gasteiger partial charge in [-0.3, -0.25) is 0 Å². The zero-order valence-corrected chi connectivity index (χ0v) is 17.4. The van der Waals surface area contributed by atoms with Crippen LogP contribution in [0.1, 0.15) is 26.3 Å². The van der Waals surface area contributed by atoms with Gasteiger partial charge in [-0.2, -0.15) is 0 Å². The van der Waals surface area contributed by atoms with Gasteiger partial charge in [0.2, 0.25) is 0 Å². The predicted octanol–water partition coefficient (Wildman–Crippen LogP) is 5.87. The Bertz CT molecular complexity index is 978. The van der Waals surface area contributed by atoms with Crippen LogP contribution in [0.2, 0.25) is 0 Å². The third kappa shape index (κ3) is 4.87. The average Bonchev–Trinajstić information content (AvgIpc) is 3.03. The normalized spacial score (nSPS) is 11.6. The maximum Gasteiger partial charge on any atom is 0.410 e. The number of hydrogen-bond donors (Lipinski definition) is 1. The summed E-state index contributed by atoms with van der Waals surface area (Å²) >= 11 is 1.53. The van der Waals surface area contributed by atoms with Gasteiger partial charge in [-0.25, -0.2) is 9.18 Å². The zero-order chi connectivity index (χ0) is 20.3. The molecule has 0 saturated carbocycles. The van der Waals surface area contributed by atoms with Gasteiger partial charge in [0.15, 0.2) is 0 Å². The van der Waals surface area contributed by atoms with Crippen LogP contribution in [0.25, 0.3) is 10.9 Å². The molecule has 1 amide bonds. The fourth-order valence-electron chi connectivity index (χ4n) is 2.84. The molecule has 4 nitrogen and oxygen atoms in total. The van der Waals surface area contributed by atoms with Gasteiger partial charge in [-0.1, -0.05) is 36.0 Å². The summed E-state index contributed by atoms with van der Waals surface area (Å²) in [7, 11) is 1.73. The first-order chi connectivity index (χ1) is 13.2. The number of carbonyl (C=O) groups excluding carboxylic acids is 1. The maximum absolute atomic E-state index is 14.3. The Morgan fingerprint density at radius 1 is 1.14 bits per heavy atom. The molecule has 3 aromatic rings. The molecule has 0 bridgehead atoms. The van der Waals surface area contributed by atoms with Gasteiger partial charge in [0.05, 0.1) is 0 Å². The van der Waals surface area contributed by atoms with Gasteiger partial charge < -0.3 is 14.6 Å². The van der Waals surface area contributed by atoms with Crippen LogP contribution in [0, 0.1) is 5.82 Å². The van der Waals surface area contributed by atoms with Crippen molar-refractivity contribution in [1.29, 1.82) is 0 Å². The largest absolute Gasteiger partial charge is 0.444 e. The van der Waals surface area contributed by atoms with Gasteiger partial charge in [-0.15, -0.1) is 0 Å². The van der Waals surface area contributed by atoms with Crippen molar-refractivity contribution in [2.45, 2.75) is 42.6 Å². The van der Waals surface area contributed by atoms with E-state index in [-0.39, 0.29) is 11.9 Å². The van der Waals surface area contributed by atoms with Crippen molar-refractivity contribution < 1.29 is 13.9 Å². The van der Waals surface area contributed by atoms with E-state index in [1.54, 1.807) is 18.0 Å². The fourth-order valence-corrected chi connectivity index (χ4v) is 3.95. The van der Waals surface area contributed by atoms with Gasteiger partial charge >= 0.3 is 6.09 Å². The summed E-state index contributed by atoms with van der Waals surface area (Å²) < 4.78 is 19.7. The van der Waals surface area contributed by atoms with Crippen molar-refractivity contribution in [3.8, 4) is 0 Å². The Hall–Kier alpha value is -2.47. The lowest BCUT2D eigenvalue weighted by Gasteiger charge is -2.24. The van der Waals surface area contributed by atoms with E-state index in [1.165, 1.54) is 17.8 Å². The molecule has 0 aliphatic heterocycles. The number of likely N-dealkylation sites (N-methyl/N-ethyl adjacent to an activating group) is 1. The molecule has 148 valence electrons. The number of aromatic amines is 1. The number of halogens is 1. The van der Waals surface area contributed by atoms with Crippen LogP contribution in [-0.2, 0) is 11.2 Å². The molecule has 0 aliphatic rings. The van der Waals surface area contributed by atoms with E-state index >= 15 is 0 Å². The molecular weight excluding hydrogens is 375 g/mol. The summed E-state index contributed by atoms with van der Waals surface area (Å²) in [4.78, 5) is 18.8. The number of carbonyl (C=O) groups is 1. The molecule has 1 N–H and O–H groups in total. The third-order valence-corrected chi connectivity index (χ3v) is 5.39. The van der Waals surface area contributed by atoms with Crippen molar-refractivity contribution in [2.75, 3.05) is 13.6 Å². The zero-order valence-electron chi connectivity index (χ0n) is 16.6. The third-order valence-electron chi connectivity index (χ3n) is 4.23. The monoisotopic (exact) mass is 400 g/mol. The molecule has 3 rings (SSSR count). The second-order valence-corrected chi connectivity index (χ2v) is 8.76. The number of ether oxygens (including phenoxy) is 1. The quantitative estimate of drug-likeness (QED) is 0.583. The Kier molecular flexibility index (Phi) is 5.98. The first kappa shape index (κ1) is 20.3. The molecule has 0 atom stereocenters. The lowest BCUT2D eigenvalue weighted by Crippen LogP contribution is -2.35. The summed E-state index contributed by atoms with van der Waals surface area (Å²) in [5.41, 5.74) is 1.37. The molecule has 6 heteroatoms. The molecule has 0 spiro atoms. The Morgan fingerprint density at radius 3 is 2.64 bits per heavy atom. The topological polar surface area (TPSA) is 45.3 Å². The molecule has 2 aromatic carbocycles. The van der Waals surface area contributed by atoms with Crippen molar-refractivity contribution in [1.82, 2.24) is 9.88 Å². The summed E-state index contributed by atoms with van der Waals surface area (Å²) in [5, 5.41) is 0.605.